The standard InChI is InChI=1S/C13H17NO2/c1-10(15)16-9-12-4-2-3-5-13(12)11-6-7-14-8-11/h2-5,11,14H,6-9H2,1H3/t11-/m1/s1. The van der Waals surface area contributed by atoms with Crippen molar-refractivity contribution >= 4 is 5.97 Å². The minimum atomic E-state index is -0.223. The van der Waals surface area contributed by atoms with Gasteiger partial charge in [-0.15, -0.1) is 0 Å². The Hall–Kier alpha value is -1.35. The lowest BCUT2D eigenvalue weighted by Gasteiger charge is -2.14. The fourth-order valence-corrected chi connectivity index (χ4v) is 2.16. The molecule has 0 radical (unpaired) electrons. The lowest BCUT2D eigenvalue weighted by Crippen LogP contribution is -2.10. The first-order valence-electron chi connectivity index (χ1n) is 5.69. The van der Waals surface area contributed by atoms with Crippen LogP contribution in [-0.2, 0) is 16.1 Å². The summed E-state index contributed by atoms with van der Waals surface area (Å²) in [6.45, 7) is 3.94. The smallest absolute Gasteiger partial charge is 0.302 e. The van der Waals surface area contributed by atoms with E-state index in [1.54, 1.807) is 0 Å². The Balaban J connectivity index is 2.13. The summed E-state index contributed by atoms with van der Waals surface area (Å²) in [5.74, 6) is 0.339. The van der Waals surface area contributed by atoms with Crippen molar-refractivity contribution < 1.29 is 9.53 Å². The van der Waals surface area contributed by atoms with Crippen molar-refractivity contribution in [3.05, 3.63) is 35.4 Å². The Morgan fingerprint density at radius 2 is 2.31 bits per heavy atom. The Bertz CT molecular complexity index is 370. The van der Waals surface area contributed by atoms with Gasteiger partial charge in [0, 0.05) is 13.5 Å². The van der Waals surface area contributed by atoms with E-state index < -0.39 is 0 Å². The summed E-state index contributed by atoms with van der Waals surface area (Å²) in [6, 6.07) is 8.21. The van der Waals surface area contributed by atoms with E-state index >= 15 is 0 Å². The Labute approximate surface area is 95.8 Å². The van der Waals surface area contributed by atoms with Crippen LogP contribution in [0.1, 0.15) is 30.4 Å². The van der Waals surface area contributed by atoms with E-state index in [-0.39, 0.29) is 5.97 Å². The molecule has 0 aromatic heterocycles. The number of carbonyl (C=O) groups is 1. The Morgan fingerprint density at radius 3 is 3.00 bits per heavy atom. The van der Waals surface area contributed by atoms with Gasteiger partial charge in [-0.2, -0.15) is 0 Å². The molecule has 1 heterocycles. The molecule has 3 heteroatoms. The second-order valence-corrected chi connectivity index (χ2v) is 4.17. The number of hydrogen-bond donors (Lipinski definition) is 1. The summed E-state index contributed by atoms with van der Waals surface area (Å²) in [5.41, 5.74) is 2.44. The third-order valence-corrected chi connectivity index (χ3v) is 2.99. The van der Waals surface area contributed by atoms with Gasteiger partial charge in [0.05, 0.1) is 0 Å². The normalized spacial score (nSPS) is 19.7. The molecule has 1 fully saturated rings. The van der Waals surface area contributed by atoms with E-state index in [0.29, 0.717) is 12.5 Å². The minimum Gasteiger partial charge on any atom is -0.461 e. The number of rotatable bonds is 3. The number of carbonyl (C=O) groups excluding carboxylic acids is 1. The fourth-order valence-electron chi connectivity index (χ4n) is 2.16. The molecule has 0 unspecified atom stereocenters. The molecule has 2 rings (SSSR count). The molecule has 1 aliphatic rings. The number of benzene rings is 1. The van der Waals surface area contributed by atoms with E-state index in [4.69, 9.17) is 4.74 Å². The summed E-state index contributed by atoms with van der Waals surface area (Å²) < 4.78 is 5.07. The maximum Gasteiger partial charge on any atom is 0.302 e. The van der Waals surface area contributed by atoms with E-state index in [1.165, 1.54) is 12.5 Å². The largest absolute Gasteiger partial charge is 0.461 e. The van der Waals surface area contributed by atoms with Gasteiger partial charge in [-0.05, 0) is 30.0 Å². The monoisotopic (exact) mass is 219 g/mol. The first-order valence-corrected chi connectivity index (χ1v) is 5.69. The Morgan fingerprint density at radius 1 is 1.50 bits per heavy atom. The molecule has 0 bridgehead atoms. The van der Waals surface area contributed by atoms with Crippen molar-refractivity contribution in [2.75, 3.05) is 13.1 Å². The van der Waals surface area contributed by atoms with Crippen molar-refractivity contribution in [2.24, 2.45) is 0 Å². The van der Waals surface area contributed by atoms with Crippen molar-refractivity contribution in [3.63, 3.8) is 0 Å². The highest BCUT2D eigenvalue weighted by molar-refractivity contribution is 5.66. The first kappa shape index (κ1) is 11.1. The lowest BCUT2D eigenvalue weighted by molar-refractivity contribution is -0.142. The maximum atomic E-state index is 10.8. The quantitative estimate of drug-likeness (QED) is 0.788. The molecule has 16 heavy (non-hydrogen) atoms. The summed E-state index contributed by atoms with van der Waals surface area (Å²) >= 11 is 0. The Kier molecular flexibility index (Phi) is 3.57. The van der Waals surface area contributed by atoms with Crippen LogP contribution in [0.25, 0.3) is 0 Å². The van der Waals surface area contributed by atoms with E-state index in [9.17, 15) is 4.79 Å². The molecule has 3 nitrogen and oxygen atoms in total. The molecule has 1 N–H and O–H groups in total. The molecule has 0 amide bonds. The highest BCUT2D eigenvalue weighted by atomic mass is 16.5. The van der Waals surface area contributed by atoms with Crippen LogP contribution in [0.3, 0.4) is 0 Å². The SMILES string of the molecule is CC(=O)OCc1ccccc1[C@@H]1CCNC1. The average Bonchev–Trinajstić information content (AvgIpc) is 2.80. The van der Waals surface area contributed by atoms with E-state index in [1.807, 2.05) is 18.2 Å². The highest BCUT2D eigenvalue weighted by Crippen LogP contribution is 2.25. The summed E-state index contributed by atoms with van der Waals surface area (Å²) in [7, 11) is 0. The number of hydrogen-bond acceptors (Lipinski definition) is 3. The van der Waals surface area contributed by atoms with Gasteiger partial charge in [-0.1, -0.05) is 24.3 Å². The second kappa shape index (κ2) is 5.12. The summed E-state index contributed by atoms with van der Waals surface area (Å²) in [5, 5.41) is 3.36. The number of ether oxygens (including phenoxy) is 1. The van der Waals surface area contributed by atoms with E-state index in [2.05, 4.69) is 11.4 Å². The van der Waals surface area contributed by atoms with Crippen molar-refractivity contribution in [1.29, 1.82) is 0 Å². The van der Waals surface area contributed by atoms with Crippen LogP contribution in [-0.4, -0.2) is 19.1 Å². The summed E-state index contributed by atoms with van der Waals surface area (Å²) in [4.78, 5) is 10.8. The average molecular weight is 219 g/mol. The molecular formula is C13H17NO2. The van der Waals surface area contributed by atoms with Crippen molar-refractivity contribution in [2.45, 2.75) is 25.9 Å². The first-order chi connectivity index (χ1) is 7.77. The highest BCUT2D eigenvalue weighted by Gasteiger charge is 2.19. The minimum absolute atomic E-state index is 0.223. The zero-order chi connectivity index (χ0) is 11.4. The molecule has 1 aliphatic heterocycles. The molecule has 0 spiro atoms. The van der Waals surface area contributed by atoms with Gasteiger partial charge in [-0.25, -0.2) is 0 Å². The lowest BCUT2D eigenvalue weighted by atomic mass is 9.94. The topological polar surface area (TPSA) is 38.3 Å². The molecule has 0 aliphatic carbocycles. The van der Waals surface area contributed by atoms with Gasteiger partial charge in [0.25, 0.3) is 0 Å². The van der Waals surface area contributed by atoms with Crippen LogP contribution in [0.4, 0.5) is 0 Å². The van der Waals surface area contributed by atoms with Crippen LogP contribution < -0.4 is 5.32 Å². The van der Waals surface area contributed by atoms with Gasteiger partial charge in [0.2, 0.25) is 0 Å². The molecular weight excluding hydrogens is 202 g/mol. The molecule has 1 saturated heterocycles. The predicted molar refractivity (Wildman–Crippen MR) is 62.1 cm³/mol. The van der Waals surface area contributed by atoms with Gasteiger partial charge in [-0.3, -0.25) is 4.79 Å². The van der Waals surface area contributed by atoms with Crippen LogP contribution in [0.2, 0.25) is 0 Å². The van der Waals surface area contributed by atoms with Crippen LogP contribution >= 0.6 is 0 Å². The zero-order valence-corrected chi connectivity index (χ0v) is 9.53. The third-order valence-electron chi connectivity index (χ3n) is 2.99. The molecule has 1 aromatic carbocycles. The van der Waals surface area contributed by atoms with Gasteiger partial charge in [0.15, 0.2) is 0 Å². The molecule has 1 aromatic rings. The summed E-state index contributed by atoms with van der Waals surface area (Å²) in [6.07, 6.45) is 1.16. The molecule has 1 atom stereocenters. The van der Waals surface area contributed by atoms with Crippen LogP contribution in [0.15, 0.2) is 24.3 Å². The number of esters is 1. The molecule has 86 valence electrons. The second-order valence-electron chi connectivity index (χ2n) is 4.17. The van der Waals surface area contributed by atoms with Crippen molar-refractivity contribution in [3.8, 4) is 0 Å². The predicted octanol–water partition coefficient (Wildman–Crippen LogP) is 1.83. The van der Waals surface area contributed by atoms with E-state index in [0.717, 1.165) is 25.1 Å². The van der Waals surface area contributed by atoms with Crippen LogP contribution in [0, 0.1) is 0 Å². The fraction of sp³-hybridized carbons (Fsp3) is 0.462. The van der Waals surface area contributed by atoms with Gasteiger partial charge >= 0.3 is 5.97 Å². The zero-order valence-electron chi connectivity index (χ0n) is 9.53. The molecule has 0 saturated carbocycles. The van der Waals surface area contributed by atoms with Crippen molar-refractivity contribution in [1.82, 2.24) is 5.32 Å². The van der Waals surface area contributed by atoms with Gasteiger partial charge < -0.3 is 10.1 Å². The third kappa shape index (κ3) is 2.61. The maximum absolute atomic E-state index is 10.8. The van der Waals surface area contributed by atoms with Gasteiger partial charge in [0.1, 0.15) is 6.61 Å². The number of nitrogens with one attached hydrogen (secondary N) is 1. The van der Waals surface area contributed by atoms with Crippen LogP contribution in [0.5, 0.6) is 0 Å².